The molecular weight excluding hydrogens is 460 g/mol. The van der Waals surface area contributed by atoms with Gasteiger partial charge >= 0.3 is 6.09 Å². The second-order valence-corrected chi connectivity index (χ2v) is 8.75. The highest BCUT2D eigenvalue weighted by Gasteiger charge is 2.49. The van der Waals surface area contributed by atoms with Gasteiger partial charge in [0.15, 0.2) is 11.3 Å². The molecule has 2 aliphatic rings. The van der Waals surface area contributed by atoms with Crippen LogP contribution in [0.2, 0.25) is 5.02 Å². The van der Waals surface area contributed by atoms with E-state index in [4.69, 9.17) is 20.9 Å². The number of halogens is 1. The van der Waals surface area contributed by atoms with Crippen LogP contribution in [-0.4, -0.2) is 47.1 Å². The van der Waals surface area contributed by atoms with Crippen LogP contribution in [0, 0.1) is 0 Å². The van der Waals surface area contributed by atoms with E-state index in [-0.39, 0.29) is 24.6 Å². The molecule has 1 fully saturated rings. The van der Waals surface area contributed by atoms with E-state index >= 15 is 0 Å². The Kier molecular flexibility index (Phi) is 5.70. The number of amides is 3. The molecule has 9 nitrogen and oxygen atoms in total. The van der Waals surface area contributed by atoms with E-state index < -0.39 is 23.6 Å². The van der Waals surface area contributed by atoms with Crippen molar-refractivity contribution in [1.29, 1.82) is 0 Å². The molecule has 1 spiro atoms. The zero-order valence-corrected chi connectivity index (χ0v) is 18.7. The van der Waals surface area contributed by atoms with Gasteiger partial charge in [0, 0.05) is 36.0 Å². The van der Waals surface area contributed by atoms with Crippen molar-refractivity contribution in [2.75, 3.05) is 18.4 Å². The van der Waals surface area contributed by atoms with Crippen molar-refractivity contribution in [2.24, 2.45) is 0 Å². The summed E-state index contributed by atoms with van der Waals surface area (Å²) in [5.74, 6) is -0.793. The highest BCUT2D eigenvalue weighted by Crippen LogP contribution is 2.43. The van der Waals surface area contributed by atoms with Gasteiger partial charge in [-0.2, -0.15) is 0 Å². The van der Waals surface area contributed by atoms with E-state index in [2.05, 4.69) is 15.8 Å². The van der Waals surface area contributed by atoms with Gasteiger partial charge in [0.1, 0.15) is 12.3 Å². The van der Waals surface area contributed by atoms with Gasteiger partial charge in [-0.3, -0.25) is 14.9 Å². The van der Waals surface area contributed by atoms with Crippen molar-refractivity contribution in [2.45, 2.75) is 24.5 Å². The van der Waals surface area contributed by atoms with Crippen molar-refractivity contribution in [3.8, 4) is 0 Å². The Balaban J connectivity index is 1.40. The van der Waals surface area contributed by atoms with E-state index in [1.54, 1.807) is 23.1 Å². The highest BCUT2D eigenvalue weighted by molar-refractivity contribution is 6.30. The highest BCUT2D eigenvalue weighted by atomic mass is 35.5. The summed E-state index contributed by atoms with van der Waals surface area (Å²) in [5, 5.41) is 9.62. The van der Waals surface area contributed by atoms with Crippen LogP contribution in [0.1, 0.15) is 28.0 Å². The number of fused-ring (bicyclic) bond motifs is 2. The topological polar surface area (TPSA) is 114 Å². The van der Waals surface area contributed by atoms with Crippen LogP contribution >= 0.6 is 11.6 Å². The van der Waals surface area contributed by atoms with Gasteiger partial charge in [0.05, 0.1) is 12.2 Å². The van der Waals surface area contributed by atoms with Crippen molar-refractivity contribution < 1.29 is 23.6 Å². The summed E-state index contributed by atoms with van der Waals surface area (Å²) in [4.78, 5) is 40.2. The Bertz CT molecular complexity index is 1230. The standard InChI is InChI=1S/C24H21ClN4O5/c25-16-6-7-18-17(13-16)24(34-23(32)27-18)9-10-29(14-24)22(31)20(12-15-4-2-1-3-5-15)26-21(30)19-8-11-33-28-19/h1-8,11,13,20H,9-10,12,14H2,(H,26,30)(H,27,32)/t20-,24?/m0/s1. The summed E-state index contributed by atoms with van der Waals surface area (Å²) in [6.45, 7) is 0.501. The molecule has 2 aliphatic heterocycles. The molecule has 0 aliphatic carbocycles. The van der Waals surface area contributed by atoms with E-state index in [0.29, 0.717) is 23.7 Å². The van der Waals surface area contributed by atoms with Gasteiger partial charge in [0.25, 0.3) is 5.91 Å². The van der Waals surface area contributed by atoms with Crippen LogP contribution in [0.5, 0.6) is 0 Å². The Morgan fingerprint density at radius 2 is 2.03 bits per heavy atom. The minimum atomic E-state index is -1.01. The summed E-state index contributed by atoms with van der Waals surface area (Å²) in [5.41, 5.74) is 1.29. The number of nitrogens with one attached hydrogen (secondary N) is 2. The van der Waals surface area contributed by atoms with Crippen molar-refractivity contribution in [3.63, 3.8) is 0 Å². The van der Waals surface area contributed by atoms with E-state index in [0.717, 1.165) is 11.1 Å². The first kappa shape index (κ1) is 22.0. The van der Waals surface area contributed by atoms with Gasteiger partial charge in [-0.15, -0.1) is 0 Å². The normalized spacial score (nSPS) is 19.8. The van der Waals surface area contributed by atoms with Crippen LogP contribution in [0.3, 0.4) is 0 Å². The maximum Gasteiger partial charge on any atom is 0.412 e. The zero-order valence-electron chi connectivity index (χ0n) is 18.0. The molecule has 174 valence electrons. The lowest BCUT2D eigenvalue weighted by atomic mass is 9.90. The molecule has 1 saturated heterocycles. The number of anilines is 1. The van der Waals surface area contributed by atoms with Crippen LogP contribution in [-0.2, 0) is 21.6 Å². The van der Waals surface area contributed by atoms with Crippen molar-refractivity contribution >= 4 is 35.2 Å². The molecule has 1 unspecified atom stereocenters. The number of carbonyl (C=O) groups excluding carboxylic acids is 3. The van der Waals surface area contributed by atoms with Gasteiger partial charge < -0.3 is 19.5 Å². The maximum atomic E-state index is 13.6. The first-order valence-corrected chi connectivity index (χ1v) is 11.2. The van der Waals surface area contributed by atoms with Gasteiger partial charge in [0.2, 0.25) is 5.91 Å². The molecular formula is C24H21ClN4O5. The molecule has 5 rings (SSSR count). The number of hydrogen-bond donors (Lipinski definition) is 2. The monoisotopic (exact) mass is 480 g/mol. The number of benzene rings is 2. The zero-order chi connectivity index (χ0) is 23.7. The predicted molar refractivity (Wildman–Crippen MR) is 122 cm³/mol. The van der Waals surface area contributed by atoms with E-state index in [1.165, 1.54) is 12.3 Å². The maximum absolute atomic E-state index is 13.6. The number of aromatic nitrogens is 1. The molecule has 1 aromatic heterocycles. The molecule has 0 saturated carbocycles. The second-order valence-electron chi connectivity index (χ2n) is 8.31. The fourth-order valence-electron chi connectivity index (χ4n) is 4.48. The first-order chi connectivity index (χ1) is 16.4. The molecule has 2 N–H and O–H groups in total. The molecule has 0 radical (unpaired) electrons. The van der Waals surface area contributed by atoms with E-state index in [9.17, 15) is 14.4 Å². The number of nitrogens with zero attached hydrogens (tertiary/aromatic N) is 2. The lowest BCUT2D eigenvalue weighted by Crippen LogP contribution is -2.50. The lowest BCUT2D eigenvalue weighted by Gasteiger charge is -2.35. The third kappa shape index (κ3) is 4.22. The minimum absolute atomic E-state index is 0.0830. The number of carbonyl (C=O) groups is 3. The van der Waals surface area contributed by atoms with E-state index in [1.807, 2.05) is 30.3 Å². The van der Waals surface area contributed by atoms with Crippen molar-refractivity contribution in [3.05, 3.63) is 82.7 Å². The Morgan fingerprint density at radius 1 is 1.21 bits per heavy atom. The third-order valence-corrected chi connectivity index (χ3v) is 6.33. The smallest absolute Gasteiger partial charge is 0.412 e. The average molecular weight is 481 g/mol. The molecule has 3 amide bonds. The van der Waals surface area contributed by atoms with Gasteiger partial charge in [-0.25, -0.2) is 4.79 Å². The fraction of sp³-hybridized carbons (Fsp3) is 0.250. The minimum Gasteiger partial charge on any atom is -0.436 e. The molecule has 10 heteroatoms. The summed E-state index contributed by atoms with van der Waals surface area (Å²) in [6, 6.07) is 15.1. The Morgan fingerprint density at radius 3 is 2.79 bits per heavy atom. The first-order valence-electron chi connectivity index (χ1n) is 10.8. The lowest BCUT2D eigenvalue weighted by molar-refractivity contribution is -0.133. The van der Waals surface area contributed by atoms with Crippen LogP contribution in [0.25, 0.3) is 0 Å². The summed E-state index contributed by atoms with van der Waals surface area (Å²) in [6.07, 6.45) is 1.41. The fourth-order valence-corrected chi connectivity index (χ4v) is 4.65. The quantitative estimate of drug-likeness (QED) is 0.579. The number of likely N-dealkylation sites (tertiary alicyclic amines) is 1. The summed E-state index contributed by atoms with van der Waals surface area (Å²) < 4.78 is 10.5. The molecule has 2 atom stereocenters. The average Bonchev–Trinajstić information content (AvgIpc) is 3.51. The molecule has 3 heterocycles. The number of hydrogen-bond acceptors (Lipinski definition) is 6. The molecule has 2 aromatic carbocycles. The largest absolute Gasteiger partial charge is 0.436 e. The summed E-state index contributed by atoms with van der Waals surface area (Å²) >= 11 is 6.21. The molecule has 0 bridgehead atoms. The third-order valence-electron chi connectivity index (χ3n) is 6.10. The predicted octanol–water partition coefficient (Wildman–Crippen LogP) is 3.36. The van der Waals surface area contributed by atoms with Crippen LogP contribution in [0.15, 0.2) is 65.4 Å². The van der Waals surface area contributed by atoms with Gasteiger partial charge in [-0.1, -0.05) is 47.1 Å². The molecule has 3 aromatic rings. The number of ether oxygens (including phenoxy) is 1. The number of rotatable bonds is 5. The van der Waals surface area contributed by atoms with Crippen molar-refractivity contribution in [1.82, 2.24) is 15.4 Å². The van der Waals surface area contributed by atoms with Crippen LogP contribution < -0.4 is 10.6 Å². The van der Waals surface area contributed by atoms with Crippen LogP contribution in [0.4, 0.5) is 10.5 Å². The Labute approximate surface area is 200 Å². The molecule has 34 heavy (non-hydrogen) atoms. The SMILES string of the molecule is O=C1Nc2ccc(Cl)cc2C2(CCN(C(=O)[C@H](Cc3ccccc3)NC(=O)c3ccon3)C2)O1. The second kappa shape index (κ2) is 8.83. The summed E-state index contributed by atoms with van der Waals surface area (Å²) in [7, 11) is 0. The Hall–Kier alpha value is -3.85. The van der Waals surface area contributed by atoms with Gasteiger partial charge in [-0.05, 0) is 23.8 Å².